The molecule has 2 aliphatic rings. The molecule has 3 atom stereocenters. The number of nitrogens with two attached hydrogens (primary N) is 1. The molecule has 18 heavy (non-hydrogen) atoms. The Labute approximate surface area is 113 Å². The molecule has 0 aliphatic heterocycles. The second-order valence-electron chi connectivity index (χ2n) is 7.16. The van der Waals surface area contributed by atoms with Gasteiger partial charge in [0.1, 0.15) is 0 Å². The summed E-state index contributed by atoms with van der Waals surface area (Å²) in [5.74, 6) is 1.75. The van der Waals surface area contributed by atoms with Crippen LogP contribution in [0.2, 0.25) is 0 Å². The summed E-state index contributed by atoms with van der Waals surface area (Å²) in [4.78, 5) is 0. The highest BCUT2D eigenvalue weighted by atomic mass is 16.5. The van der Waals surface area contributed by atoms with E-state index in [1.807, 2.05) is 0 Å². The minimum Gasteiger partial charge on any atom is -0.377 e. The van der Waals surface area contributed by atoms with Gasteiger partial charge in [-0.3, -0.25) is 0 Å². The third-order valence-electron chi connectivity index (χ3n) is 5.41. The van der Waals surface area contributed by atoms with Crippen LogP contribution in [-0.2, 0) is 4.74 Å². The van der Waals surface area contributed by atoms with Gasteiger partial charge in [-0.2, -0.15) is 0 Å². The maximum absolute atomic E-state index is 6.23. The molecule has 106 valence electrons. The zero-order chi connectivity index (χ0) is 13.2. The first-order valence-electron chi connectivity index (χ1n) is 7.90. The Balaban J connectivity index is 1.79. The largest absolute Gasteiger partial charge is 0.377 e. The van der Waals surface area contributed by atoms with Crippen LogP contribution in [0.15, 0.2) is 0 Å². The Hall–Kier alpha value is -0.0800. The van der Waals surface area contributed by atoms with Crippen molar-refractivity contribution in [3.8, 4) is 0 Å². The zero-order valence-corrected chi connectivity index (χ0v) is 12.5. The number of hydrogen-bond acceptors (Lipinski definition) is 2. The molecule has 2 N–H and O–H groups in total. The summed E-state index contributed by atoms with van der Waals surface area (Å²) >= 11 is 0. The monoisotopic (exact) mass is 253 g/mol. The van der Waals surface area contributed by atoms with Crippen LogP contribution in [0.4, 0.5) is 0 Å². The lowest BCUT2D eigenvalue weighted by Crippen LogP contribution is -2.45. The van der Waals surface area contributed by atoms with Gasteiger partial charge in [0.25, 0.3) is 0 Å². The maximum atomic E-state index is 6.23. The van der Waals surface area contributed by atoms with Gasteiger partial charge in [-0.05, 0) is 42.9 Å². The molecule has 2 rings (SSSR count). The molecule has 0 saturated heterocycles. The fourth-order valence-corrected chi connectivity index (χ4v) is 3.14. The molecule has 0 spiro atoms. The van der Waals surface area contributed by atoms with Crippen LogP contribution >= 0.6 is 0 Å². The van der Waals surface area contributed by atoms with E-state index in [2.05, 4.69) is 20.8 Å². The Kier molecular flexibility index (Phi) is 4.71. The topological polar surface area (TPSA) is 35.2 Å². The number of ether oxygens (including phenoxy) is 1. The molecule has 0 aromatic carbocycles. The van der Waals surface area contributed by atoms with E-state index in [9.17, 15) is 0 Å². The lowest BCUT2D eigenvalue weighted by Gasteiger charge is -2.42. The molecule has 0 radical (unpaired) electrons. The van der Waals surface area contributed by atoms with E-state index in [0.29, 0.717) is 11.5 Å². The van der Waals surface area contributed by atoms with Crippen molar-refractivity contribution in [2.75, 3.05) is 6.61 Å². The molecule has 0 amide bonds. The van der Waals surface area contributed by atoms with Gasteiger partial charge in [-0.25, -0.2) is 0 Å². The molecular weight excluding hydrogens is 222 g/mol. The van der Waals surface area contributed by atoms with Gasteiger partial charge < -0.3 is 10.5 Å². The Morgan fingerprint density at radius 1 is 1.17 bits per heavy atom. The Morgan fingerprint density at radius 3 is 2.50 bits per heavy atom. The first-order valence-corrected chi connectivity index (χ1v) is 7.90. The minimum absolute atomic E-state index is 0.271. The molecule has 3 unspecified atom stereocenters. The molecule has 2 fully saturated rings. The predicted molar refractivity (Wildman–Crippen MR) is 76.5 cm³/mol. The van der Waals surface area contributed by atoms with Crippen LogP contribution < -0.4 is 5.73 Å². The summed E-state index contributed by atoms with van der Waals surface area (Å²) in [6.45, 7) is 8.03. The van der Waals surface area contributed by atoms with Crippen molar-refractivity contribution in [3.63, 3.8) is 0 Å². The van der Waals surface area contributed by atoms with Crippen LogP contribution in [0, 0.1) is 17.3 Å². The highest BCUT2D eigenvalue weighted by Crippen LogP contribution is 2.41. The second kappa shape index (κ2) is 5.92. The first kappa shape index (κ1) is 14.3. The summed E-state index contributed by atoms with van der Waals surface area (Å²) in [5, 5.41) is 0. The summed E-state index contributed by atoms with van der Waals surface area (Å²) in [5.41, 5.74) is 6.68. The Bertz CT molecular complexity index is 260. The quantitative estimate of drug-likeness (QED) is 0.782. The summed E-state index contributed by atoms with van der Waals surface area (Å²) in [6, 6.07) is 0.271. The van der Waals surface area contributed by atoms with Gasteiger partial charge in [0, 0.05) is 12.6 Å². The normalized spacial score (nSPS) is 33.7. The maximum Gasteiger partial charge on any atom is 0.0728 e. The highest BCUT2D eigenvalue weighted by Gasteiger charge is 2.36. The van der Waals surface area contributed by atoms with Crippen LogP contribution in [0.3, 0.4) is 0 Å². The first-order chi connectivity index (χ1) is 8.53. The minimum atomic E-state index is 0.271. The van der Waals surface area contributed by atoms with Crippen LogP contribution in [-0.4, -0.2) is 18.8 Å². The summed E-state index contributed by atoms with van der Waals surface area (Å²) in [7, 11) is 0. The fraction of sp³-hybridized carbons (Fsp3) is 1.00. The van der Waals surface area contributed by atoms with E-state index in [0.717, 1.165) is 24.9 Å². The van der Waals surface area contributed by atoms with E-state index < -0.39 is 0 Å². The van der Waals surface area contributed by atoms with E-state index >= 15 is 0 Å². The van der Waals surface area contributed by atoms with Crippen LogP contribution in [0.1, 0.15) is 65.7 Å². The molecule has 0 heterocycles. The SMILES string of the molecule is CCC(C)(C)C1CCC(N)C(OCCC2CC2)C1. The average molecular weight is 253 g/mol. The molecule has 2 heteroatoms. The van der Waals surface area contributed by atoms with Crippen molar-refractivity contribution in [1.82, 2.24) is 0 Å². The van der Waals surface area contributed by atoms with Crippen molar-refractivity contribution in [2.45, 2.75) is 77.9 Å². The van der Waals surface area contributed by atoms with Gasteiger partial charge >= 0.3 is 0 Å². The van der Waals surface area contributed by atoms with Gasteiger partial charge in [0.15, 0.2) is 0 Å². The molecule has 0 bridgehead atoms. The van der Waals surface area contributed by atoms with E-state index in [1.165, 1.54) is 38.5 Å². The molecule has 2 nitrogen and oxygen atoms in total. The van der Waals surface area contributed by atoms with Crippen LogP contribution in [0.25, 0.3) is 0 Å². The standard InChI is InChI=1S/C16H31NO/c1-4-16(2,3)13-7-8-14(17)15(11-13)18-10-9-12-5-6-12/h12-15H,4-11,17H2,1-3H3. The van der Waals surface area contributed by atoms with Crippen molar-refractivity contribution >= 4 is 0 Å². The van der Waals surface area contributed by atoms with E-state index in [1.54, 1.807) is 0 Å². The molecule has 2 aliphatic carbocycles. The third-order valence-corrected chi connectivity index (χ3v) is 5.41. The van der Waals surface area contributed by atoms with Crippen molar-refractivity contribution < 1.29 is 4.74 Å². The van der Waals surface area contributed by atoms with Crippen molar-refractivity contribution in [3.05, 3.63) is 0 Å². The Morgan fingerprint density at radius 2 is 1.89 bits per heavy atom. The summed E-state index contributed by atoms with van der Waals surface area (Å²) in [6.07, 6.45) is 9.26. The van der Waals surface area contributed by atoms with E-state index in [4.69, 9.17) is 10.5 Å². The number of hydrogen-bond donors (Lipinski definition) is 1. The predicted octanol–water partition coefficient (Wildman–Crippen LogP) is 3.74. The fourth-order valence-electron chi connectivity index (χ4n) is 3.14. The number of rotatable bonds is 6. The van der Waals surface area contributed by atoms with Gasteiger partial charge in [0.05, 0.1) is 6.10 Å². The second-order valence-corrected chi connectivity index (χ2v) is 7.16. The zero-order valence-electron chi connectivity index (χ0n) is 12.5. The molecule has 0 aromatic heterocycles. The highest BCUT2D eigenvalue weighted by molar-refractivity contribution is 4.89. The molecular formula is C16H31NO. The van der Waals surface area contributed by atoms with Crippen LogP contribution in [0.5, 0.6) is 0 Å². The lowest BCUT2D eigenvalue weighted by molar-refractivity contribution is -0.0244. The van der Waals surface area contributed by atoms with Gasteiger partial charge in [-0.1, -0.05) is 40.0 Å². The van der Waals surface area contributed by atoms with Crippen molar-refractivity contribution in [1.29, 1.82) is 0 Å². The average Bonchev–Trinajstić information content (AvgIpc) is 3.15. The smallest absolute Gasteiger partial charge is 0.0728 e. The third kappa shape index (κ3) is 3.71. The molecule has 0 aromatic rings. The lowest BCUT2D eigenvalue weighted by atomic mass is 9.68. The van der Waals surface area contributed by atoms with Gasteiger partial charge in [-0.15, -0.1) is 0 Å². The van der Waals surface area contributed by atoms with Crippen molar-refractivity contribution in [2.24, 2.45) is 23.0 Å². The van der Waals surface area contributed by atoms with Gasteiger partial charge in [0.2, 0.25) is 0 Å². The van der Waals surface area contributed by atoms with E-state index in [-0.39, 0.29) is 6.04 Å². The summed E-state index contributed by atoms with van der Waals surface area (Å²) < 4.78 is 6.09. The molecule has 2 saturated carbocycles.